The summed E-state index contributed by atoms with van der Waals surface area (Å²) in [7, 11) is 1.76. The molecule has 2 N–H and O–H groups in total. The molecule has 0 heterocycles. The summed E-state index contributed by atoms with van der Waals surface area (Å²) in [6, 6.07) is 0. The van der Waals surface area contributed by atoms with Crippen LogP contribution in [0.1, 0.15) is 32.6 Å². The zero-order valence-electron chi connectivity index (χ0n) is 7.60. The summed E-state index contributed by atoms with van der Waals surface area (Å²) in [4.78, 5) is 0. The molecule has 1 aliphatic rings. The molecule has 1 atom stereocenters. The summed E-state index contributed by atoms with van der Waals surface area (Å²) >= 11 is 0. The van der Waals surface area contributed by atoms with Gasteiger partial charge in [0.15, 0.2) is 0 Å². The van der Waals surface area contributed by atoms with E-state index in [-0.39, 0.29) is 6.10 Å². The summed E-state index contributed by atoms with van der Waals surface area (Å²) in [6.45, 7) is 2.95. The SMILES string of the molecule is COC(CN)C1(C)CCCC1. The molecule has 1 unspecified atom stereocenters. The monoisotopic (exact) mass is 157 g/mol. The van der Waals surface area contributed by atoms with Gasteiger partial charge in [0.2, 0.25) is 0 Å². The van der Waals surface area contributed by atoms with Crippen molar-refractivity contribution in [2.75, 3.05) is 13.7 Å². The zero-order chi connectivity index (χ0) is 8.32. The van der Waals surface area contributed by atoms with E-state index in [9.17, 15) is 0 Å². The minimum atomic E-state index is 0.269. The van der Waals surface area contributed by atoms with Gasteiger partial charge in [-0.1, -0.05) is 19.8 Å². The van der Waals surface area contributed by atoms with Gasteiger partial charge < -0.3 is 10.5 Å². The first-order chi connectivity index (χ1) is 5.23. The van der Waals surface area contributed by atoms with E-state index in [1.165, 1.54) is 25.7 Å². The number of ether oxygens (including phenoxy) is 1. The molecule has 1 aliphatic carbocycles. The molecular formula is C9H19NO. The minimum absolute atomic E-state index is 0.269. The number of hydrogen-bond acceptors (Lipinski definition) is 2. The normalized spacial score (nSPS) is 25.4. The van der Waals surface area contributed by atoms with E-state index in [4.69, 9.17) is 10.5 Å². The van der Waals surface area contributed by atoms with Crippen molar-refractivity contribution >= 4 is 0 Å². The van der Waals surface area contributed by atoms with Crippen LogP contribution >= 0.6 is 0 Å². The van der Waals surface area contributed by atoms with Gasteiger partial charge in [-0.15, -0.1) is 0 Å². The fraction of sp³-hybridized carbons (Fsp3) is 1.00. The second-order valence-electron chi connectivity index (χ2n) is 3.82. The van der Waals surface area contributed by atoms with Gasteiger partial charge in [0.1, 0.15) is 0 Å². The maximum atomic E-state index is 5.62. The highest BCUT2D eigenvalue weighted by molar-refractivity contribution is 4.88. The van der Waals surface area contributed by atoms with Crippen LogP contribution in [0.15, 0.2) is 0 Å². The second kappa shape index (κ2) is 3.55. The predicted molar refractivity (Wildman–Crippen MR) is 46.4 cm³/mol. The van der Waals surface area contributed by atoms with Gasteiger partial charge in [0, 0.05) is 13.7 Å². The molecule has 11 heavy (non-hydrogen) atoms. The standard InChI is InChI=1S/C9H19NO/c1-9(5-3-4-6-9)8(7-10)11-2/h8H,3-7,10H2,1-2H3. The molecule has 1 fully saturated rings. The fourth-order valence-electron chi connectivity index (χ4n) is 2.17. The highest BCUT2D eigenvalue weighted by Crippen LogP contribution is 2.41. The lowest BCUT2D eigenvalue weighted by Crippen LogP contribution is -2.37. The lowest BCUT2D eigenvalue weighted by Gasteiger charge is -2.31. The molecular weight excluding hydrogens is 138 g/mol. The predicted octanol–water partition coefficient (Wildman–Crippen LogP) is 1.54. The van der Waals surface area contributed by atoms with E-state index < -0.39 is 0 Å². The smallest absolute Gasteiger partial charge is 0.0746 e. The number of methoxy groups -OCH3 is 1. The van der Waals surface area contributed by atoms with Gasteiger partial charge >= 0.3 is 0 Å². The molecule has 0 aliphatic heterocycles. The molecule has 0 radical (unpaired) electrons. The van der Waals surface area contributed by atoms with Crippen molar-refractivity contribution in [3.8, 4) is 0 Å². The van der Waals surface area contributed by atoms with E-state index in [1.807, 2.05) is 0 Å². The average Bonchev–Trinajstić information content (AvgIpc) is 2.39. The zero-order valence-corrected chi connectivity index (χ0v) is 7.60. The summed E-state index contributed by atoms with van der Waals surface area (Å²) in [6.07, 6.45) is 5.52. The first kappa shape index (κ1) is 9.01. The molecule has 0 spiro atoms. The van der Waals surface area contributed by atoms with Gasteiger partial charge in [-0.2, -0.15) is 0 Å². The van der Waals surface area contributed by atoms with E-state index in [0.717, 1.165) is 0 Å². The first-order valence-corrected chi connectivity index (χ1v) is 4.46. The summed E-state index contributed by atoms with van der Waals surface area (Å²) < 4.78 is 5.36. The van der Waals surface area contributed by atoms with E-state index in [0.29, 0.717) is 12.0 Å². The Balaban J connectivity index is 2.53. The van der Waals surface area contributed by atoms with Gasteiger partial charge in [-0.25, -0.2) is 0 Å². The topological polar surface area (TPSA) is 35.2 Å². The average molecular weight is 157 g/mol. The van der Waals surface area contributed by atoms with Crippen molar-refractivity contribution < 1.29 is 4.74 Å². The quantitative estimate of drug-likeness (QED) is 0.674. The Morgan fingerprint density at radius 1 is 1.45 bits per heavy atom. The van der Waals surface area contributed by atoms with Gasteiger partial charge in [-0.3, -0.25) is 0 Å². The third-order valence-corrected chi connectivity index (χ3v) is 3.02. The van der Waals surface area contributed by atoms with Crippen molar-refractivity contribution in [3.63, 3.8) is 0 Å². The van der Waals surface area contributed by atoms with Crippen LogP contribution in [-0.2, 0) is 4.74 Å². The summed E-state index contributed by atoms with van der Waals surface area (Å²) in [5, 5.41) is 0. The lowest BCUT2D eigenvalue weighted by molar-refractivity contribution is 0.00717. The molecule has 0 amide bonds. The van der Waals surface area contributed by atoms with Crippen LogP contribution in [0.3, 0.4) is 0 Å². The molecule has 2 nitrogen and oxygen atoms in total. The molecule has 0 aromatic rings. The van der Waals surface area contributed by atoms with Crippen LogP contribution in [0.4, 0.5) is 0 Å². The maximum absolute atomic E-state index is 5.62. The Morgan fingerprint density at radius 3 is 2.36 bits per heavy atom. The van der Waals surface area contributed by atoms with Crippen molar-refractivity contribution in [3.05, 3.63) is 0 Å². The Bertz CT molecular complexity index is 115. The Labute approximate surface area is 69.1 Å². The lowest BCUT2D eigenvalue weighted by atomic mass is 9.82. The molecule has 0 aromatic carbocycles. The van der Waals surface area contributed by atoms with Crippen molar-refractivity contribution in [2.45, 2.75) is 38.7 Å². The molecule has 0 saturated heterocycles. The van der Waals surface area contributed by atoms with Crippen molar-refractivity contribution in [2.24, 2.45) is 11.1 Å². The van der Waals surface area contributed by atoms with Crippen LogP contribution < -0.4 is 5.73 Å². The first-order valence-electron chi connectivity index (χ1n) is 4.46. The molecule has 2 heteroatoms. The largest absolute Gasteiger partial charge is 0.380 e. The van der Waals surface area contributed by atoms with Crippen LogP contribution in [-0.4, -0.2) is 19.8 Å². The van der Waals surface area contributed by atoms with E-state index in [1.54, 1.807) is 7.11 Å². The molecule has 0 bridgehead atoms. The Kier molecular flexibility index (Phi) is 2.90. The molecule has 1 saturated carbocycles. The third-order valence-electron chi connectivity index (χ3n) is 3.02. The highest BCUT2D eigenvalue weighted by Gasteiger charge is 2.36. The van der Waals surface area contributed by atoms with Gasteiger partial charge in [0.05, 0.1) is 6.10 Å². The second-order valence-corrected chi connectivity index (χ2v) is 3.82. The van der Waals surface area contributed by atoms with Crippen molar-refractivity contribution in [1.29, 1.82) is 0 Å². The molecule has 1 rings (SSSR count). The summed E-state index contributed by atoms with van der Waals surface area (Å²) in [5.41, 5.74) is 5.99. The maximum Gasteiger partial charge on any atom is 0.0746 e. The minimum Gasteiger partial charge on any atom is -0.380 e. The number of rotatable bonds is 3. The van der Waals surface area contributed by atoms with E-state index >= 15 is 0 Å². The van der Waals surface area contributed by atoms with Crippen LogP contribution in [0, 0.1) is 5.41 Å². The van der Waals surface area contributed by atoms with Gasteiger partial charge in [0.25, 0.3) is 0 Å². The van der Waals surface area contributed by atoms with Gasteiger partial charge in [-0.05, 0) is 18.3 Å². The Hall–Kier alpha value is -0.0800. The van der Waals surface area contributed by atoms with Crippen LogP contribution in [0.5, 0.6) is 0 Å². The Morgan fingerprint density at radius 2 is 2.00 bits per heavy atom. The molecule has 66 valence electrons. The highest BCUT2D eigenvalue weighted by atomic mass is 16.5. The van der Waals surface area contributed by atoms with Crippen LogP contribution in [0.2, 0.25) is 0 Å². The summed E-state index contributed by atoms with van der Waals surface area (Å²) in [5.74, 6) is 0. The van der Waals surface area contributed by atoms with Crippen LogP contribution in [0.25, 0.3) is 0 Å². The van der Waals surface area contributed by atoms with E-state index in [2.05, 4.69) is 6.92 Å². The fourth-order valence-corrected chi connectivity index (χ4v) is 2.17. The number of hydrogen-bond donors (Lipinski definition) is 1. The van der Waals surface area contributed by atoms with Crippen molar-refractivity contribution in [1.82, 2.24) is 0 Å². The number of nitrogens with two attached hydrogens (primary N) is 1. The third kappa shape index (κ3) is 1.74. The molecule has 0 aromatic heterocycles.